The monoisotopic (exact) mass is 494 g/mol. The van der Waals surface area contributed by atoms with Crippen LogP contribution in [0.15, 0.2) is 40.4 Å². The second kappa shape index (κ2) is 10.9. The standard InChI is InChI=1S/C25H30N6O3S/c1-15-13-21(30-29-15)26-23-22(34-4)24(31-11-9-19(10-12-31)17(3)33)28-25(27-23)35-20-7-5-18(6-8-20)14-16(2)32/h5-8,13,19H,9-12,14H2,1-4H3,(H2,26,27,28,29,30). The van der Waals surface area contributed by atoms with Crippen molar-refractivity contribution in [3.63, 3.8) is 0 Å². The van der Waals surface area contributed by atoms with Crippen molar-refractivity contribution in [2.24, 2.45) is 5.92 Å². The van der Waals surface area contributed by atoms with Gasteiger partial charge in [-0.15, -0.1) is 0 Å². The number of nitrogens with zero attached hydrogens (tertiary/aromatic N) is 4. The maximum atomic E-state index is 11.9. The van der Waals surface area contributed by atoms with Crippen LogP contribution in [0.1, 0.15) is 37.9 Å². The highest BCUT2D eigenvalue weighted by molar-refractivity contribution is 7.99. The molecule has 2 aromatic heterocycles. The normalized spacial score (nSPS) is 14.1. The molecule has 0 saturated carbocycles. The first-order chi connectivity index (χ1) is 16.8. The molecule has 0 bridgehead atoms. The third-order valence-corrected chi connectivity index (χ3v) is 6.81. The van der Waals surface area contributed by atoms with E-state index in [1.807, 2.05) is 37.3 Å². The molecule has 10 heteroatoms. The fourth-order valence-corrected chi connectivity index (χ4v) is 4.87. The van der Waals surface area contributed by atoms with E-state index in [1.54, 1.807) is 21.0 Å². The predicted octanol–water partition coefficient (Wildman–Crippen LogP) is 4.35. The Kier molecular flexibility index (Phi) is 7.70. The van der Waals surface area contributed by atoms with Crippen LogP contribution in [-0.2, 0) is 16.0 Å². The molecule has 4 rings (SSSR count). The fraction of sp³-hybridized carbons (Fsp3) is 0.400. The molecule has 1 saturated heterocycles. The van der Waals surface area contributed by atoms with Gasteiger partial charge in [0.15, 0.2) is 22.6 Å². The molecular formula is C25H30N6O3S. The van der Waals surface area contributed by atoms with E-state index >= 15 is 0 Å². The summed E-state index contributed by atoms with van der Waals surface area (Å²) in [5.41, 5.74) is 1.90. The number of benzene rings is 1. The molecule has 1 aliphatic rings. The minimum atomic E-state index is 0.0890. The summed E-state index contributed by atoms with van der Waals surface area (Å²) >= 11 is 1.44. The van der Waals surface area contributed by atoms with Crippen LogP contribution < -0.4 is 15.0 Å². The van der Waals surface area contributed by atoms with Gasteiger partial charge in [-0.25, -0.2) is 9.97 Å². The summed E-state index contributed by atoms with van der Waals surface area (Å²) in [6.07, 6.45) is 1.98. The van der Waals surface area contributed by atoms with Crippen LogP contribution >= 0.6 is 11.8 Å². The third kappa shape index (κ3) is 6.19. The van der Waals surface area contributed by atoms with E-state index in [4.69, 9.17) is 14.7 Å². The van der Waals surface area contributed by atoms with Crippen molar-refractivity contribution in [3.05, 3.63) is 41.6 Å². The Bertz CT molecular complexity index is 1200. The minimum Gasteiger partial charge on any atom is -0.490 e. The van der Waals surface area contributed by atoms with Crippen LogP contribution in [0.25, 0.3) is 0 Å². The Labute approximate surface area is 209 Å². The van der Waals surface area contributed by atoms with Crippen LogP contribution in [0, 0.1) is 12.8 Å². The van der Waals surface area contributed by atoms with E-state index in [2.05, 4.69) is 20.4 Å². The zero-order valence-electron chi connectivity index (χ0n) is 20.4. The summed E-state index contributed by atoms with van der Waals surface area (Å²) < 4.78 is 5.77. The molecule has 3 aromatic rings. The Morgan fingerprint density at radius 2 is 1.89 bits per heavy atom. The summed E-state index contributed by atoms with van der Waals surface area (Å²) in [4.78, 5) is 36.0. The van der Waals surface area contributed by atoms with E-state index in [0.717, 1.165) is 29.0 Å². The Morgan fingerprint density at radius 3 is 2.46 bits per heavy atom. The van der Waals surface area contributed by atoms with Crippen LogP contribution in [0.5, 0.6) is 5.75 Å². The minimum absolute atomic E-state index is 0.0890. The van der Waals surface area contributed by atoms with Gasteiger partial charge in [-0.1, -0.05) is 12.1 Å². The average Bonchev–Trinajstić information content (AvgIpc) is 3.24. The van der Waals surface area contributed by atoms with Gasteiger partial charge in [-0.2, -0.15) is 5.10 Å². The zero-order valence-corrected chi connectivity index (χ0v) is 21.2. The van der Waals surface area contributed by atoms with Crippen molar-refractivity contribution < 1.29 is 14.3 Å². The van der Waals surface area contributed by atoms with Crippen LogP contribution in [0.3, 0.4) is 0 Å². The van der Waals surface area contributed by atoms with E-state index in [9.17, 15) is 9.59 Å². The second-order valence-corrected chi connectivity index (χ2v) is 9.81. The number of nitrogens with one attached hydrogen (secondary N) is 2. The molecule has 0 radical (unpaired) electrons. The number of ether oxygens (including phenoxy) is 1. The van der Waals surface area contributed by atoms with Crippen molar-refractivity contribution in [1.29, 1.82) is 0 Å². The van der Waals surface area contributed by atoms with Crippen LogP contribution in [0.4, 0.5) is 17.5 Å². The third-order valence-electron chi connectivity index (χ3n) is 5.94. The molecule has 0 aliphatic carbocycles. The lowest BCUT2D eigenvalue weighted by Crippen LogP contribution is -2.36. The number of carbonyl (C=O) groups is 2. The highest BCUT2D eigenvalue weighted by atomic mass is 32.2. The molecule has 184 valence electrons. The molecule has 1 aliphatic heterocycles. The molecule has 0 spiro atoms. The number of aromatic nitrogens is 4. The van der Waals surface area contributed by atoms with Gasteiger partial charge in [-0.05, 0) is 63.1 Å². The smallest absolute Gasteiger partial charge is 0.204 e. The van der Waals surface area contributed by atoms with E-state index in [0.29, 0.717) is 47.9 Å². The zero-order chi connectivity index (χ0) is 24.9. The number of hydrogen-bond donors (Lipinski definition) is 2. The number of carbonyl (C=O) groups excluding carboxylic acids is 2. The molecule has 1 fully saturated rings. The predicted molar refractivity (Wildman–Crippen MR) is 136 cm³/mol. The largest absolute Gasteiger partial charge is 0.490 e. The van der Waals surface area contributed by atoms with E-state index < -0.39 is 0 Å². The summed E-state index contributed by atoms with van der Waals surface area (Å²) in [6.45, 7) is 6.60. The van der Waals surface area contributed by atoms with Gasteiger partial charge in [0.2, 0.25) is 5.75 Å². The molecule has 0 atom stereocenters. The second-order valence-electron chi connectivity index (χ2n) is 8.77. The van der Waals surface area contributed by atoms with Gasteiger partial charge < -0.3 is 15.0 Å². The number of methoxy groups -OCH3 is 1. The summed E-state index contributed by atoms with van der Waals surface area (Å²) in [5, 5.41) is 11.0. The number of aromatic amines is 1. The first-order valence-corrected chi connectivity index (χ1v) is 12.4. The van der Waals surface area contributed by atoms with Gasteiger partial charge in [0.05, 0.1) is 7.11 Å². The van der Waals surface area contributed by atoms with Gasteiger partial charge in [-0.3, -0.25) is 14.7 Å². The molecule has 0 unspecified atom stereocenters. The number of piperidine rings is 1. The average molecular weight is 495 g/mol. The first kappa shape index (κ1) is 24.7. The molecule has 9 nitrogen and oxygen atoms in total. The SMILES string of the molecule is COc1c(Nc2cc(C)[nH]n2)nc(Sc2ccc(CC(C)=O)cc2)nc1N1CCC(C(C)=O)CC1. The Morgan fingerprint density at radius 1 is 1.17 bits per heavy atom. The number of H-pyrrole nitrogens is 1. The Balaban J connectivity index is 1.66. The highest BCUT2D eigenvalue weighted by Crippen LogP contribution is 2.39. The van der Waals surface area contributed by atoms with Crippen molar-refractivity contribution in [2.45, 2.75) is 50.1 Å². The van der Waals surface area contributed by atoms with Crippen molar-refractivity contribution in [2.75, 3.05) is 30.4 Å². The van der Waals surface area contributed by atoms with Crippen molar-refractivity contribution in [3.8, 4) is 5.75 Å². The maximum Gasteiger partial charge on any atom is 0.204 e. The van der Waals surface area contributed by atoms with Crippen LogP contribution in [0.2, 0.25) is 0 Å². The molecule has 0 amide bonds. The lowest BCUT2D eigenvalue weighted by Gasteiger charge is -2.32. The molecule has 3 heterocycles. The number of anilines is 3. The fourth-order valence-electron chi connectivity index (χ4n) is 4.12. The highest BCUT2D eigenvalue weighted by Gasteiger charge is 2.27. The lowest BCUT2D eigenvalue weighted by molar-refractivity contribution is -0.121. The number of aryl methyl sites for hydroxylation is 1. The van der Waals surface area contributed by atoms with Gasteiger partial charge in [0, 0.05) is 42.1 Å². The van der Waals surface area contributed by atoms with Gasteiger partial charge >= 0.3 is 0 Å². The number of rotatable bonds is 9. The Hall–Kier alpha value is -3.40. The number of hydrogen-bond acceptors (Lipinski definition) is 9. The number of ketones is 2. The van der Waals surface area contributed by atoms with Crippen molar-refractivity contribution in [1.82, 2.24) is 20.2 Å². The quantitative estimate of drug-likeness (QED) is 0.419. The van der Waals surface area contributed by atoms with Crippen molar-refractivity contribution >= 4 is 40.8 Å². The molecule has 1 aromatic carbocycles. The molecule has 35 heavy (non-hydrogen) atoms. The summed E-state index contributed by atoms with van der Waals surface area (Å²) in [7, 11) is 1.60. The van der Waals surface area contributed by atoms with Gasteiger partial charge in [0.25, 0.3) is 0 Å². The number of Topliss-reactive ketones (excluding diaryl/α,β-unsaturated/α-hetero) is 2. The first-order valence-electron chi connectivity index (χ1n) is 11.6. The summed E-state index contributed by atoms with van der Waals surface area (Å²) in [6, 6.07) is 9.73. The summed E-state index contributed by atoms with van der Waals surface area (Å²) in [5.74, 6) is 2.83. The van der Waals surface area contributed by atoms with E-state index in [-0.39, 0.29) is 17.5 Å². The molecular weight excluding hydrogens is 464 g/mol. The van der Waals surface area contributed by atoms with Crippen LogP contribution in [-0.4, -0.2) is 51.9 Å². The maximum absolute atomic E-state index is 11.9. The van der Waals surface area contributed by atoms with E-state index in [1.165, 1.54) is 11.8 Å². The topological polar surface area (TPSA) is 113 Å². The lowest BCUT2D eigenvalue weighted by atomic mass is 9.93. The van der Waals surface area contributed by atoms with Gasteiger partial charge in [0.1, 0.15) is 11.6 Å². The molecule has 2 N–H and O–H groups in total.